The van der Waals surface area contributed by atoms with Gasteiger partial charge in [0.05, 0.1) is 39.8 Å². The van der Waals surface area contributed by atoms with Crippen LogP contribution in [0.4, 0.5) is 0 Å². The molecule has 0 saturated heterocycles. The quantitative estimate of drug-likeness (QED) is 0.176. The Morgan fingerprint density at radius 2 is 0.604 bits per heavy atom. The van der Waals surface area contributed by atoms with Gasteiger partial charge in [-0.2, -0.15) is 0 Å². The Bertz CT molecular complexity index is 4170. The van der Waals surface area contributed by atoms with Gasteiger partial charge in [-0.25, -0.2) is 15.0 Å². The van der Waals surface area contributed by atoms with Crippen molar-refractivity contribution in [2.45, 2.75) is 0 Å². The SMILES string of the molecule is [2H]c1c([2H])c([2H])c(-c2nc(-c3c([2H])c([2H])c([2H])c(-c4c([2H])c([2H])c([2H])c([2H])c4[2H])c3[2H])nc(-c3c([2H])c([2H])c([2H])c(-c4c([2H])c([2H])c5c6c([2H])c([2H])c([2H])c([2H])c6c6c([2H])c([2H])c([2H])c([2H])c6c5c4[2H])c3[2H])n2)c([2H])c1[2H]. The highest BCUT2D eigenvalue weighted by Gasteiger charge is 2.15. The van der Waals surface area contributed by atoms with E-state index in [1.165, 1.54) is 0 Å². The van der Waals surface area contributed by atoms with E-state index < -0.39 is 264 Å². The van der Waals surface area contributed by atoms with Crippen molar-refractivity contribution < 1.29 is 39.8 Å². The monoisotopic (exact) mass is 640 g/mol. The number of fused-ring (bicyclic) bond motifs is 6. The van der Waals surface area contributed by atoms with E-state index in [0.29, 0.717) is 0 Å². The van der Waals surface area contributed by atoms with Gasteiger partial charge in [-0.1, -0.05) is 157 Å². The van der Waals surface area contributed by atoms with E-state index in [0.717, 1.165) is 0 Å². The summed E-state index contributed by atoms with van der Waals surface area (Å²) >= 11 is 0. The molecule has 0 radical (unpaired) electrons. The molecule has 224 valence electrons. The molecule has 48 heavy (non-hydrogen) atoms. The van der Waals surface area contributed by atoms with Gasteiger partial charge in [-0.15, -0.1) is 0 Å². The Kier molecular flexibility index (Phi) is 2.70. The highest BCUT2D eigenvalue weighted by molar-refractivity contribution is 6.25. The van der Waals surface area contributed by atoms with Crippen LogP contribution in [0, 0.1) is 0 Å². The minimum Gasteiger partial charge on any atom is -0.208 e. The average Bonchev–Trinajstić information content (AvgIpc) is 3.48. The van der Waals surface area contributed by atoms with Crippen LogP contribution in [-0.2, 0) is 0 Å². The molecule has 0 amide bonds. The minimum atomic E-state index is -1.10. The summed E-state index contributed by atoms with van der Waals surface area (Å²) in [7, 11) is 0. The third-order valence-electron chi connectivity index (χ3n) is 6.99. The number of nitrogens with zero attached hydrogens (tertiary/aromatic N) is 3. The lowest BCUT2D eigenvalue weighted by molar-refractivity contribution is 1.07. The lowest BCUT2D eigenvalue weighted by atomic mass is 9.92. The molecular weight excluding hydrogens is 583 g/mol. The maximum Gasteiger partial charge on any atom is 0.164 e. The van der Waals surface area contributed by atoms with Crippen molar-refractivity contribution in [1.82, 2.24) is 15.0 Å². The molecule has 0 aliphatic carbocycles. The molecule has 0 saturated carbocycles. The first kappa shape index (κ1) is 11.1. The predicted octanol–water partition coefficient (Wildman–Crippen LogP) is 11.7. The Hall–Kier alpha value is -6.45. The largest absolute Gasteiger partial charge is 0.208 e. The topological polar surface area (TPSA) is 38.7 Å². The molecular formula is C45H29N3. The van der Waals surface area contributed by atoms with Gasteiger partial charge >= 0.3 is 0 Å². The summed E-state index contributed by atoms with van der Waals surface area (Å²) in [4.78, 5) is 12.8. The van der Waals surface area contributed by atoms with Crippen molar-refractivity contribution in [3.8, 4) is 56.4 Å². The third-order valence-corrected chi connectivity index (χ3v) is 6.99. The van der Waals surface area contributed by atoms with Crippen LogP contribution in [0.1, 0.15) is 39.8 Å². The molecule has 0 fully saturated rings. The summed E-state index contributed by atoms with van der Waals surface area (Å²) in [6.45, 7) is 0. The molecule has 0 bridgehead atoms. The fourth-order valence-electron chi connectivity index (χ4n) is 4.89. The molecule has 1 heterocycles. The number of benzene rings is 8. The molecule has 1 aromatic heterocycles. The van der Waals surface area contributed by atoms with Crippen LogP contribution in [0.3, 0.4) is 0 Å². The first-order valence-electron chi connectivity index (χ1n) is 28.3. The lowest BCUT2D eigenvalue weighted by Gasteiger charge is -2.13. The zero-order valence-electron chi connectivity index (χ0n) is 52.8. The van der Waals surface area contributed by atoms with Crippen molar-refractivity contribution in [2.24, 2.45) is 0 Å². The van der Waals surface area contributed by atoms with Crippen LogP contribution in [0.25, 0.3) is 88.7 Å². The summed E-state index contributed by atoms with van der Waals surface area (Å²) in [6.07, 6.45) is 0. The molecule has 3 nitrogen and oxygen atoms in total. The molecule has 0 spiro atoms. The third kappa shape index (κ3) is 4.99. The summed E-state index contributed by atoms with van der Waals surface area (Å²) in [6, 6.07) is -27.3. The van der Waals surface area contributed by atoms with Crippen LogP contribution >= 0.6 is 0 Å². The fourth-order valence-corrected chi connectivity index (χ4v) is 4.89. The van der Waals surface area contributed by atoms with Crippen LogP contribution in [0.5, 0.6) is 0 Å². The van der Waals surface area contributed by atoms with Crippen LogP contribution in [0.15, 0.2) is 175 Å². The van der Waals surface area contributed by atoms with E-state index in [9.17, 15) is 6.85 Å². The van der Waals surface area contributed by atoms with E-state index in [-0.39, 0.29) is 0 Å². The Morgan fingerprint density at radius 3 is 1.15 bits per heavy atom. The summed E-state index contributed by atoms with van der Waals surface area (Å²) in [5, 5.41) is -3.27. The molecule has 0 atom stereocenters. The smallest absolute Gasteiger partial charge is 0.164 e. The van der Waals surface area contributed by atoms with Crippen LogP contribution < -0.4 is 0 Å². The summed E-state index contributed by atoms with van der Waals surface area (Å²) in [5.74, 6) is -2.83. The average molecular weight is 641 g/mol. The zero-order valence-corrected chi connectivity index (χ0v) is 23.8. The molecule has 0 unspecified atom stereocenters. The maximum absolute atomic E-state index is 9.73. The molecule has 8 aromatic carbocycles. The summed E-state index contributed by atoms with van der Waals surface area (Å²) in [5.41, 5.74) is -5.94. The number of hydrogen-bond acceptors (Lipinski definition) is 3. The molecule has 0 aliphatic heterocycles. The van der Waals surface area contributed by atoms with Crippen LogP contribution in [0.2, 0.25) is 0 Å². The molecule has 0 N–H and O–H groups in total. The highest BCUT2D eigenvalue weighted by atomic mass is 15.0. The van der Waals surface area contributed by atoms with Crippen LogP contribution in [-0.4, -0.2) is 15.0 Å². The van der Waals surface area contributed by atoms with Crippen molar-refractivity contribution in [3.63, 3.8) is 0 Å². The zero-order chi connectivity index (χ0) is 57.1. The number of rotatable bonds is 5. The van der Waals surface area contributed by atoms with Gasteiger partial charge in [0.2, 0.25) is 0 Å². The van der Waals surface area contributed by atoms with Gasteiger partial charge < -0.3 is 0 Å². The van der Waals surface area contributed by atoms with Crippen molar-refractivity contribution in [2.75, 3.05) is 0 Å². The Labute approximate surface area is 319 Å². The fraction of sp³-hybridized carbons (Fsp3) is 0. The molecule has 3 heteroatoms. The van der Waals surface area contributed by atoms with Gasteiger partial charge in [-0.3, -0.25) is 0 Å². The van der Waals surface area contributed by atoms with Gasteiger partial charge in [0.15, 0.2) is 17.5 Å². The number of hydrogen-bond donors (Lipinski definition) is 0. The maximum atomic E-state index is 9.73. The van der Waals surface area contributed by atoms with Gasteiger partial charge in [0.25, 0.3) is 0 Å². The standard InChI is InChI=1S/C45H29N3/c1-3-13-30(14-4-1)32-17-11-19-35(27-32)44-46-43(31-15-5-2-6-16-31)47-45(48-44)36-20-12-18-33(28-36)34-25-26-41-39-23-8-7-21-37(39)38-22-9-10-24-40(38)42(41)29-34/h1-29H/i1D,2D,3D,4D,5D,6D,7D,8D,9D,10D,11D,12D,13D,14D,15D,16D,17D,18D,19D,20D,21D,22D,23D,24D,25D,26D,27D,28D,29D. The van der Waals surface area contributed by atoms with Gasteiger partial charge in [0.1, 0.15) is 0 Å². The molecule has 9 rings (SSSR count). The van der Waals surface area contributed by atoms with Crippen molar-refractivity contribution in [1.29, 1.82) is 0 Å². The first-order chi connectivity index (χ1) is 35.9. The first-order valence-corrected chi connectivity index (χ1v) is 13.8. The van der Waals surface area contributed by atoms with Crippen molar-refractivity contribution in [3.05, 3.63) is 175 Å². The molecule has 9 aromatic rings. The Balaban J connectivity index is 1.47. The summed E-state index contributed by atoms with van der Waals surface area (Å²) < 4.78 is 256. The van der Waals surface area contributed by atoms with E-state index in [2.05, 4.69) is 15.0 Å². The molecule has 0 aliphatic rings. The second-order valence-corrected chi connectivity index (χ2v) is 9.81. The van der Waals surface area contributed by atoms with Crippen molar-refractivity contribution >= 4 is 32.3 Å². The Morgan fingerprint density at radius 1 is 0.250 bits per heavy atom. The predicted molar refractivity (Wildman–Crippen MR) is 200 cm³/mol. The number of aromatic nitrogens is 3. The minimum absolute atomic E-state index is 0.482. The highest BCUT2D eigenvalue weighted by Crippen LogP contribution is 2.38. The normalized spacial score (nSPS) is 19.8. The van der Waals surface area contributed by atoms with E-state index in [4.69, 9.17) is 32.9 Å². The van der Waals surface area contributed by atoms with E-state index >= 15 is 0 Å². The lowest BCUT2D eigenvalue weighted by Crippen LogP contribution is -2.00. The van der Waals surface area contributed by atoms with Gasteiger partial charge in [0, 0.05) is 16.7 Å². The van der Waals surface area contributed by atoms with E-state index in [1.54, 1.807) is 0 Å². The second kappa shape index (κ2) is 11.7. The second-order valence-electron chi connectivity index (χ2n) is 9.81. The van der Waals surface area contributed by atoms with Gasteiger partial charge in [-0.05, 0) is 72.7 Å². The van der Waals surface area contributed by atoms with E-state index in [1.807, 2.05) is 0 Å².